The molecule has 1 amide bonds. The second-order valence-electron chi connectivity index (χ2n) is 4.25. The minimum Gasteiger partial charge on any atom is -0.397 e. The molecule has 0 aromatic heterocycles. The summed E-state index contributed by atoms with van der Waals surface area (Å²) < 4.78 is 0. The third kappa shape index (κ3) is 2.44. The van der Waals surface area contributed by atoms with Crippen molar-refractivity contribution in [3.05, 3.63) is 40.4 Å². The molecule has 0 spiro atoms. The maximum absolute atomic E-state index is 12.2. The summed E-state index contributed by atoms with van der Waals surface area (Å²) in [4.78, 5) is 14.0. The molecule has 90 valence electrons. The Labute approximate surface area is 106 Å². The second kappa shape index (κ2) is 4.80. The molecule has 17 heavy (non-hydrogen) atoms. The van der Waals surface area contributed by atoms with Crippen molar-refractivity contribution in [2.24, 2.45) is 0 Å². The van der Waals surface area contributed by atoms with E-state index in [-0.39, 0.29) is 5.91 Å². The average Bonchev–Trinajstić information content (AvgIpc) is 2.33. The average molecular weight is 251 g/mol. The largest absolute Gasteiger partial charge is 0.397 e. The number of hydrogen-bond donors (Lipinski definition) is 1. The predicted octanol–water partition coefficient (Wildman–Crippen LogP) is 2.71. The maximum atomic E-state index is 12.2. The topological polar surface area (TPSA) is 46.3 Å². The fraction of sp³-hybridized carbons (Fsp3) is 0.308. The Kier molecular flexibility index (Phi) is 3.38. The molecule has 0 bridgehead atoms. The van der Waals surface area contributed by atoms with E-state index in [1.165, 1.54) is 5.57 Å². The summed E-state index contributed by atoms with van der Waals surface area (Å²) in [6.45, 7) is 3.47. The lowest BCUT2D eigenvalue weighted by Gasteiger charge is -2.26. The van der Waals surface area contributed by atoms with Gasteiger partial charge in [-0.1, -0.05) is 29.3 Å². The maximum Gasteiger partial charge on any atom is 0.256 e. The van der Waals surface area contributed by atoms with Crippen molar-refractivity contribution >= 4 is 23.2 Å². The van der Waals surface area contributed by atoms with E-state index >= 15 is 0 Å². The number of carbonyl (C=O) groups excluding carboxylic acids is 1. The minimum absolute atomic E-state index is 0.0475. The van der Waals surface area contributed by atoms with Crippen molar-refractivity contribution in [2.75, 3.05) is 18.8 Å². The van der Waals surface area contributed by atoms with Gasteiger partial charge in [-0.15, -0.1) is 0 Å². The molecule has 1 aromatic carbocycles. The zero-order valence-electron chi connectivity index (χ0n) is 9.74. The van der Waals surface area contributed by atoms with Gasteiger partial charge in [0.15, 0.2) is 0 Å². The van der Waals surface area contributed by atoms with E-state index in [1.54, 1.807) is 23.1 Å². The number of nitrogens with zero attached hydrogens (tertiary/aromatic N) is 1. The molecule has 0 saturated heterocycles. The zero-order valence-corrected chi connectivity index (χ0v) is 10.5. The number of halogens is 1. The van der Waals surface area contributed by atoms with Gasteiger partial charge in [0.1, 0.15) is 0 Å². The molecular formula is C13H15ClN2O. The monoisotopic (exact) mass is 250 g/mol. The van der Waals surface area contributed by atoms with E-state index in [4.69, 9.17) is 17.3 Å². The van der Waals surface area contributed by atoms with Crippen LogP contribution in [-0.4, -0.2) is 23.9 Å². The number of hydrogen-bond acceptors (Lipinski definition) is 2. The number of nitrogens with two attached hydrogens (primary N) is 1. The van der Waals surface area contributed by atoms with Gasteiger partial charge in [-0.05, 0) is 25.5 Å². The van der Waals surface area contributed by atoms with Crippen LogP contribution < -0.4 is 5.73 Å². The predicted molar refractivity (Wildman–Crippen MR) is 70.1 cm³/mol. The van der Waals surface area contributed by atoms with Crippen LogP contribution in [0.15, 0.2) is 29.8 Å². The van der Waals surface area contributed by atoms with Gasteiger partial charge in [-0.25, -0.2) is 0 Å². The number of benzene rings is 1. The van der Waals surface area contributed by atoms with Crippen LogP contribution in [-0.2, 0) is 0 Å². The molecule has 0 radical (unpaired) electrons. The van der Waals surface area contributed by atoms with Gasteiger partial charge in [-0.3, -0.25) is 4.79 Å². The van der Waals surface area contributed by atoms with Gasteiger partial charge in [0.2, 0.25) is 0 Å². The molecule has 0 aliphatic carbocycles. The molecule has 2 N–H and O–H groups in total. The molecule has 1 aromatic rings. The molecule has 4 heteroatoms. The highest BCUT2D eigenvalue weighted by atomic mass is 35.5. The molecule has 0 saturated carbocycles. The van der Waals surface area contributed by atoms with Gasteiger partial charge in [0.25, 0.3) is 5.91 Å². The van der Waals surface area contributed by atoms with Crippen molar-refractivity contribution in [2.45, 2.75) is 13.3 Å². The van der Waals surface area contributed by atoms with Crippen LogP contribution in [0.5, 0.6) is 0 Å². The summed E-state index contributed by atoms with van der Waals surface area (Å²) in [6.07, 6.45) is 2.99. The number of amides is 1. The Bertz CT molecular complexity index is 482. The lowest BCUT2D eigenvalue weighted by Crippen LogP contribution is -2.35. The lowest BCUT2D eigenvalue weighted by molar-refractivity contribution is 0.0770. The summed E-state index contributed by atoms with van der Waals surface area (Å²) >= 11 is 5.91. The van der Waals surface area contributed by atoms with E-state index in [1.807, 2.05) is 0 Å². The van der Waals surface area contributed by atoms with Crippen molar-refractivity contribution < 1.29 is 4.79 Å². The van der Waals surface area contributed by atoms with Crippen LogP contribution in [0.3, 0.4) is 0 Å². The number of rotatable bonds is 1. The normalized spacial score (nSPS) is 15.6. The van der Waals surface area contributed by atoms with E-state index in [0.717, 1.165) is 13.0 Å². The van der Waals surface area contributed by atoms with Gasteiger partial charge in [-0.2, -0.15) is 0 Å². The standard InChI is InChI=1S/C13H15ClN2O/c1-9-5-7-16(8-6-9)13(17)10-3-2-4-11(14)12(10)15/h2-5H,6-8,15H2,1H3. The van der Waals surface area contributed by atoms with Crippen LogP contribution >= 0.6 is 11.6 Å². The van der Waals surface area contributed by atoms with Gasteiger partial charge in [0.05, 0.1) is 16.3 Å². The summed E-state index contributed by atoms with van der Waals surface area (Å²) in [5.41, 5.74) is 8.01. The van der Waals surface area contributed by atoms with Crippen LogP contribution in [0.25, 0.3) is 0 Å². The lowest BCUT2D eigenvalue weighted by atomic mass is 10.1. The van der Waals surface area contributed by atoms with Crippen LogP contribution in [0.1, 0.15) is 23.7 Å². The Morgan fingerprint density at radius 1 is 1.47 bits per heavy atom. The Hall–Kier alpha value is -1.48. The molecule has 0 unspecified atom stereocenters. The minimum atomic E-state index is -0.0475. The second-order valence-corrected chi connectivity index (χ2v) is 4.66. The summed E-state index contributed by atoms with van der Waals surface area (Å²) in [7, 11) is 0. The highest BCUT2D eigenvalue weighted by Gasteiger charge is 2.20. The van der Waals surface area contributed by atoms with E-state index in [0.29, 0.717) is 22.8 Å². The van der Waals surface area contributed by atoms with Crippen molar-refractivity contribution in [3.8, 4) is 0 Å². The van der Waals surface area contributed by atoms with E-state index < -0.39 is 0 Å². The van der Waals surface area contributed by atoms with Gasteiger partial charge in [0, 0.05) is 13.1 Å². The Balaban J connectivity index is 2.23. The van der Waals surface area contributed by atoms with Crippen LogP contribution in [0, 0.1) is 0 Å². The molecule has 1 aliphatic heterocycles. The summed E-state index contributed by atoms with van der Waals surface area (Å²) in [5.74, 6) is -0.0475. The van der Waals surface area contributed by atoms with E-state index in [9.17, 15) is 4.79 Å². The molecule has 1 aliphatic rings. The zero-order chi connectivity index (χ0) is 12.4. The quantitative estimate of drug-likeness (QED) is 0.615. The third-order valence-electron chi connectivity index (χ3n) is 3.01. The first-order valence-electron chi connectivity index (χ1n) is 5.58. The number of carbonyl (C=O) groups is 1. The summed E-state index contributed by atoms with van der Waals surface area (Å²) in [6, 6.07) is 5.15. The van der Waals surface area contributed by atoms with Crippen molar-refractivity contribution in [1.82, 2.24) is 4.90 Å². The number of anilines is 1. The molecule has 3 nitrogen and oxygen atoms in total. The molecule has 1 heterocycles. The van der Waals surface area contributed by atoms with Crippen LogP contribution in [0.2, 0.25) is 5.02 Å². The molecule has 0 fully saturated rings. The third-order valence-corrected chi connectivity index (χ3v) is 3.34. The first kappa shape index (κ1) is 12.0. The number of para-hydroxylation sites is 1. The number of nitrogen functional groups attached to an aromatic ring is 1. The first-order valence-corrected chi connectivity index (χ1v) is 5.96. The summed E-state index contributed by atoms with van der Waals surface area (Å²) in [5, 5.41) is 0.430. The molecular weight excluding hydrogens is 236 g/mol. The van der Waals surface area contributed by atoms with E-state index in [2.05, 4.69) is 13.0 Å². The van der Waals surface area contributed by atoms with Gasteiger partial charge >= 0.3 is 0 Å². The SMILES string of the molecule is CC1=CCN(C(=O)c2cccc(Cl)c2N)CC1. The van der Waals surface area contributed by atoms with Crippen molar-refractivity contribution in [3.63, 3.8) is 0 Å². The van der Waals surface area contributed by atoms with Crippen LogP contribution in [0.4, 0.5) is 5.69 Å². The Morgan fingerprint density at radius 2 is 2.24 bits per heavy atom. The fourth-order valence-corrected chi connectivity index (χ4v) is 2.02. The Morgan fingerprint density at radius 3 is 2.88 bits per heavy atom. The first-order chi connectivity index (χ1) is 8.09. The van der Waals surface area contributed by atoms with Gasteiger partial charge < -0.3 is 10.6 Å². The highest BCUT2D eigenvalue weighted by Crippen LogP contribution is 2.24. The molecule has 0 atom stereocenters. The molecule has 2 rings (SSSR count). The highest BCUT2D eigenvalue weighted by molar-refractivity contribution is 6.33. The van der Waals surface area contributed by atoms with Crippen molar-refractivity contribution in [1.29, 1.82) is 0 Å². The smallest absolute Gasteiger partial charge is 0.256 e. The fourth-order valence-electron chi connectivity index (χ4n) is 1.85.